The van der Waals surface area contributed by atoms with Crippen LogP contribution in [0.4, 0.5) is 0 Å². The maximum atomic E-state index is 11.8. The number of benzene rings is 2. The number of hydrazone groups is 1. The summed E-state index contributed by atoms with van der Waals surface area (Å²) in [5.74, 6) is 1.42. The zero-order chi connectivity index (χ0) is 18.6. The monoisotopic (exact) mass is 370 g/mol. The predicted octanol–water partition coefficient (Wildman–Crippen LogP) is 3.89. The summed E-state index contributed by atoms with van der Waals surface area (Å²) in [5.41, 5.74) is 3.33. The Kier molecular flexibility index (Phi) is 8.29. The van der Waals surface area contributed by atoms with Crippen LogP contribution in [0.5, 0.6) is 11.5 Å². The Morgan fingerprint density at radius 2 is 2.00 bits per heavy atom. The number of carbonyl (C=O) groups is 1. The minimum absolute atomic E-state index is 0.161. The number of hydrogen-bond donors (Lipinski definition) is 1. The van der Waals surface area contributed by atoms with E-state index in [0.717, 1.165) is 10.5 Å². The maximum Gasteiger partial charge on any atom is 0.250 e. The van der Waals surface area contributed by atoms with Crippen molar-refractivity contribution in [2.24, 2.45) is 5.10 Å². The van der Waals surface area contributed by atoms with Crippen LogP contribution in [-0.2, 0) is 4.79 Å². The molecule has 5 nitrogen and oxygen atoms in total. The number of thioether (sulfide) groups is 1. The van der Waals surface area contributed by atoms with Crippen LogP contribution in [-0.4, -0.2) is 31.1 Å². The standard InChI is InChI=1S/C20H22N2O3S/c1-3-12-25-18-11-10-16(13-19(18)24-4-2)14-21-22-20(23)15-26-17-8-6-5-7-9-17/h3,5-11,13-14H,1,4,12,15H2,2H3,(H,22,23)/b21-14-. The van der Waals surface area contributed by atoms with E-state index in [1.54, 1.807) is 12.3 Å². The van der Waals surface area contributed by atoms with Crippen molar-refractivity contribution in [1.29, 1.82) is 0 Å². The number of nitrogens with zero attached hydrogens (tertiary/aromatic N) is 1. The first-order chi connectivity index (χ1) is 12.7. The molecule has 0 radical (unpaired) electrons. The van der Waals surface area contributed by atoms with Crippen LogP contribution in [0.2, 0.25) is 0 Å². The number of carbonyl (C=O) groups excluding carboxylic acids is 1. The van der Waals surface area contributed by atoms with Gasteiger partial charge in [0.25, 0.3) is 0 Å². The average Bonchev–Trinajstić information content (AvgIpc) is 2.67. The molecular formula is C20H22N2O3S. The van der Waals surface area contributed by atoms with Gasteiger partial charge in [0.15, 0.2) is 11.5 Å². The molecule has 2 aromatic rings. The molecule has 0 fully saturated rings. The van der Waals surface area contributed by atoms with E-state index in [9.17, 15) is 4.79 Å². The van der Waals surface area contributed by atoms with Gasteiger partial charge in [0.05, 0.1) is 18.6 Å². The zero-order valence-corrected chi connectivity index (χ0v) is 15.5. The summed E-state index contributed by atoms with van der Waals surface area (Å²) in [6.07, 6.45) is 3.25. The molecule has 0 saturated carbocycles. The van der Waals surface area contributed by atoms with Gasteiger partial charge in [0, 0.05) is 4.90 Å². The molecule has 1 amide bonds. The van der Waals surface area contributed by atoms with Crippen molar-refractivity contribution in [1.82, 2.24) is 5.43 Å². The Morgan fingerprint density at radius 1 is 1.19 bits per heavy atom. The molecule has 2 rings (SSSR count). The Labute approximate surface area is 158 Å². The van der Waals surface area contributed by atoms with Gasteiger partial charge in [0.1, 0.15) is 6.61 Å². The average molecular weight is 370 g/mol. The SMILES string of the molecule is C=CCOc1ccc(/C=N\NC(=O)CSc2ccccc2)cc1OCC. The van der Waals surface area contributed by atoms with E-state index < -0.39 is 0 Å². The van der Waals surface area contributed by atoms with Gasteiger partial charge in [-0.1, -0.05) is 30.9 Å². The molecule has 0 spiro atoms. The summed E-state index contributed by atoms with van der Waals surface area (Å²) in [5, 5.41) is 4.00. The van der Waals surface area contributed by atoms with Crippen molar-refractivity contribution >= 4 is 23.9 Å². The predicted molar refractivity (Wildman–Crippen MR) is 106 cm³/mol. The van der Waals surface area contributed by atoms with Crippen LogP contribution < -0.4 is 14.9 Å². The van der Waals surface area contributed by atoms with Crippen LogP contribution >= 0.6 is 11.8 Å². The molecule has 6 heteroatoms. The summed E-state index contributed by atoms with van der Waals surface area (Å²) < 4.78 is 11.1. The van der Waals surface area contributed by atoms with E-state index >= 15 is 0 Å². The van der Waals surface area contributed by atoms with Gasteiger partial charge in [-0.15, -0.1) is 11.8 Å². The third-order valence-corrected chi connectivity index (χ3v) is 4.15. The lowest BCUT2D eigenvalue weighted by molar-refractivity contribution is -0.118. The third kappa shape index (κ3) is 6.64. The van der Waals surface area contributed by atoms with E-state index in [2.05, 4.69) is 17.1 Å². The highest BCUT2D eigenvalue weighted by atomic mass is 32.2. The smallest absolute Gasteiger partial charge is 0.250 e. The summed E-state index contributed by atoms with van der Waals surface area (Å²) >= 11 is 1.46. The van der Waals surface area contributed by atoms with Crippen LogP contribution in [0, 0.1) is 0 Å². The second kappa shape index (κ2) is 11.0. The first-order valence-corrected chi connectivity index (χ1v) is 9.21. The lowest BCUT2D eigenvalue weighted by Gasteiger charge is -2.11. The van der Waals surface area contributed by atoms with E-state index in [1.165, 1.54) is 11.8 Å². The van der Waals surface area contributed by atoms with Gasteiger partial charge in [-0.25, -0.2) is 5.43 Å². The first kappa shape index (κ1) is 19.6. The van der Waals surface area contributed by atoms with Gasteiger partial charge in [-0.2, -0.15) is 5.10 Å². The Bertz CT molecular complexity index is 748. The molecule has 1 N–H and O–H groups in total. The second-order valence-electron chi connectivity index (χ2n) is 5.13. The molecule has 0 aliphatic carbocycles. The van der Waals surface area contributed by atoms with Gasteiger partial charge < -0.3 is 9.47 Å². The van der Waals surface area contributed by atoms with Crippen LogP contribution in [0.15, 0.2) is 71.2 Å². The molecule has 136 valence electrons. The van der Waals surface area contributed by atoms with Crippen molar-refractivity contribution < 1.29 is 14.3 Å². The van der Waals surface area contributed by atoms with Crippen molar-refractivity contribution in [3.63, 3.8) is 0 Å². The van der Waals surface area contributed by atoms with Crippen molar-refractivity contribution in [3.8, 4) is 11.5 Å². The fourth-order valence-electron chi connectivity index (χ4n) is 2.02. The van der Waals surface area contributed by atoms with Crippen molar-refractivity contribution in [3.05, 3.63) is 66.7 Å². The molecule has 0 unspecified atom stereocenters. The molecule has 2 aromatic carbocycles. The molecule has 0 saturated heterocycles. The number of ether oxygens (including phenoxy) is 2. The van der Waals surface area contributed by atoms with E-state index in [4.69, 9.17) is 9.47 Å². The Hall–Kier alpha value is -2.73. The molecule has 0 aliphatic heterocycles. The molecule has 0 aliphatic rings. The molecule has 0 bridgehead atoms. The number of hydrogen-bond acceptors (Lipinski definition) is 5. The van der Waals surface area contributed by atoms with Gasteiger partial charge >= 0.3 is 0 Å². The number of rotatable bonds is 10. The minimum atomic E-state index is -0.161. The summed E-state index contributed by atoms with van der Waals surface area (Å²) in [7, 11) is 0. The van der Waals surface area contributed by atoms with Gasteiger partial charge in [-0.3, -0.25) is 4.79 Å². The largest absolute Gasteiger partial charge is 0.490 e. The van der Waals surface area contributed by atoms with Crippen LogP contribution in [0.25, 0.3) is 0 Å². The number of nitrogens with one attached hydrogen (secondary N) is 1. The zero-order valence-electron chi connectivity index (χ0n) is 14.7. The summed E-state index contributed by atoms with van der Waals surface area (Å²) in [6, 6.07) is 15.2. The fraction of sp³-hybridized carbons (Fsp3) is 0.200. The highest BCUT2D eigenvalue weighted by Crippen LogP contribution is 2.28. The van der Waals surface area contributed by atoms with Crippen LogP contribution in [0.3, 0.4) is 0 Å². The molecule has 0 atom stereocenters. The van der Waals surface area contributed by atoms with Crippen molar-refractivity contribution in [2.75, 3.05) is 19.0 Å². The lowest BCUT2D eigenvalue weighted by atomic mass is 10.2. The lowest BCUT2D eigenvalue weighted by Crippen LogP contribution is -2.19. The van der Waals surface area contributed by atoms with E-state index in [-0.39, 0.29) is 5.91 Å². The summed E-state index contributed by atoms with van der Waals surface area (Å²) in [4.78, 5) is 12.9. The highest BCUT2D eigenvalue weighted by Gasteiger charge is 2.06. The second-order valence-corrected chi connectivity index (χ2v) is 6.18. The topological polar surface area (TPSA) is 59.9 Å². The van der Waals surface area contributed by atoms with Crippen molar-refractivity contribution in [2.45, 2.75) is 11.8 Å². The molecule has 26 heavy (non-hydrogen) atoms. The third-order valence-electron chi connectivity index (χ3n) is 3.14. The molecule has 0 heterocycles. The fourth-order valence-corrected chi connectivity index (χ4v) is 2.73. The minimum Gasteiger partial charge on any atom is -0.490 e. The normalized spacial score (nSPS) is 10.5. The van der Waals surface area contributed by atoms with Crippen LogP contribution in [0.1, 0.15) is 12.5 Å². The van der Waals surface area contributed by atoms with Gasteiger partial charge in [0.2, 0.25) is 5.91 Å². The molecular weight excluding hydrogens is 348 g/mol. The van der Waals surface area contributed by atoms with Gasteiger partial charge in [-0.05, 0) is 42.8 Å². The molecule has 0 aromatic heterocycles. The Morgan fingerprint density at radius 3 is 2.73 bits per heavy atom. The number of amides is 1. The van der Waals surface area contributed by atoms with E-state index in [1.807, 2.05) is 55.5 Å². The summed E-state index contributed by atoms with van der Waals surface area (Å²) in [6.45, 7) is 6.47. The quantitative estimate of drug-likeness (QED) is 0.298. The van der Waals surface area contributed by atoms with E-state index in [0.29, 0.717) is 30.5 Å². The maximum absolute atomic E-state index is 11.8. The Balaban J connectivity index is 1.89. The first-order valence-electron chi connectivity index (χ1n) is 8.23. The highest BCUT2D eigenvalue weighted by molar-refractivity contribution is 8.00.